The summed E-state index contributed by atoms with van der Waals surface area (Å²) < 4.78 is 29.2. The fourth-order valence-corrected chi connectivity index (χ4v) is 2.81. The highest BCUT2D eigenvalue weighted by Crippen LogP contribution is 2.29. The summed E-state index contributed by atoms with van der Waals surface area (Å²) in [4.78, 5) is 8.33. The molecule has 0 aliphatic carbocycles. The first-order valence-electron chi connectivity index (χ1n) is 5.97. The molecule has 0 fully saturated rings. The largest absolute Gasteiger partial charge is 0.436 e. The van der Waals surface area contributed by atoms with Gasteiger partial charge in [0.05, 0.1) is 10.5 Å². The molecule has 102 valence electrons. The predicted octanol–water partition coefficient (Wildman–Crippen LogP) is 2.60. The van der Waals surface area contributed by atoms with Crippen LogP contribution in [0.4, 0.5) is 0 Å². The Labute approximate surface area is 116 Å². The molecule has 20 heavy (non-hydrogen) atoms. The first-order valence-corrected chi connectivity index (χ1v) is 7.86. The molecule has 0 aliphatic rings. The highest BCUT2D eigenvalue weighted by Gasteiger charge is 2.18. The van der Waals surface area contributed by atoms with Crippen LogP contribution in [-0.2, 0) is 9.84 Å². The molecule has 0 atom stereocenters. The van der Waals surface area contributed by atoms with Gasteiger partial charge in [0.15, 0.2) is 15.4 Å². The van der Waals surface area contributed by atoms with Crippen molar-refractivity contribution in [2.45, 2.75) is 11.8 Å². The van der Waals surface area contributed by atoms with E-state index in [1.165, 1.54) is 12.4 Å². The number of aromatic nitrogens is 2. The number of aryl methyl sites for hydroxylation is 1. The van der Waals surface area contributed by atoms with Crippen LogP contribution < -0.4 is 0 Å². The Hall–Kier alpha value is -2.21. The molecule has 3 aromatic rings. The van der Waals surface area contributed by atoms with Crippen LogP contribution in [0.5, 0.6) is 0 Å². The molecule has 5 nitrogen and oxygen atoms in total. The van der Waals surface area contributed by atoms with E-state index in [4.69, 9.17) is 4.42 Å². The van der Waals surface area contributed by atoms with Gasteiger partial charge in [0.1, 0.15) is 5.52 Å². The van der Waals surface area contributed by atoms with E-state index in [2.05, 4.69) is 9.97 Å². The van der Waals surface area contributed by atoms with Gasteiger partial charge in [0, 0.05) is 18.6 Å². The molecule has 0 saturated heterocycles. The molecule has 6 heteroatoms. The van der Waals surface area contributed by atoms with Crippen LogP contribution in [-0.4, -0.2) is 24.6 Å². The lowest BCUT2D eigenvalue weighted by molar-refractivity contribution is 0.597. The number of nitrogens with zero attached hydrogens (tertiary/aromatic N) is 2. The Balaban J connectivity index is 2.26. The molecule has 0 amide bonds. The highest BCUT2D eigenvalue weighted by atomic mass is 32.2. The second kappa shape index (κ2) is 4.42. The smallest absolute Gasteiger partial charge is 0.228 e. The SMILES string of the molecule is Cc1ccc2oc(-c3ccncc3S(C)(=O)=O)nc2c1. The van der Waals surface area contributed by atoms with E-state index in [1.807, 2.05) is 25.1 Å². The molecule has 0 N–H and O–H groups in total. The van der Waals surface area contributed by atoms with Crippen molar-refractivity contribution in [3.8, 4) is 11.5 Å². The van der Waals surface area contributed by atoms with Crippen LogP contribution in [0.2, 0.25) is 0 Å². The monoisotopic (exact) mass is 288 g/mol. The van der Waals surface area contributed by atoms with Crippen molar-refractivity contribution in [2.24, 2.45) is 0 Å². The van der Waals surface area contributed by atoms with Crippen molar-refractivity contribution >= 4 is 20.9 Å². The van der Waals surface area contributed by atoms with Crippen molar-refractivity contribution in [3.63, 3.8) is 0 Å². The average Bonchev–Trinajstić information content (AvgIpc) is 2.80. The summed E-state index contributed by atoms with van der Waals surface area (Å²) >= 11 is 0. The number of benzene rings is 1. The Bertz CT molecular complexity index is 898. The molecular weight excluding hydrogens is 276 g/mol. The first kappa shape index (κ1) is 12.8. The van der Waals surface area contributed by atoms with E-state index in [9.17, 15) is 8.42 Å². The van der Waals surface area contributed by atoms with Gasteiger partial charge in [-0.2, -0.15) is 0 Å². The Kier molecular flexibility index (Phi) is 2.83. The highest BCUT2D eigenvalue weighted by molar-refractivity contribution is 7.90. The van der Waals surface area contributed by atoms with Gasteiger partial charge in [-0.05, 0) is 30.7 Å². The second-order valence-electron chi connectivity index (χ2n) is 4.63. The lowest BCUT2D eigenvalue weighted by Crippen LogP contribution is -2.00. The van der Waals surface area contributed by atoms with E-state index >= 15 is 0 Å². The van der Waals surface area contributed by atoms with Crippen LogP contribution in [0.1, 0.15) is 5.56 Å². The molecule has 3 rings (SSSR count). The van der Waals surface area contributed by atoms with E-state index in [-0.39, 0.29) is 10.8 Å². The van der Waals surface area contributed by atoms with E-state index < -0.39 is 9.84 Å². The third-order valence-corrected chi connectivity index (χ3v) is 4.08. The molecule has 0 radical (unpaired) electrons. The van der Waals surface area contributed by atoms with Gasteiger partial charge in [0.2, 0.25) is 5.89 Å². The van der Waals surface area contributed by atoms with Crippen LogP contribution in [0, 0.1) is 6.92 Å². The van der Waals surface area contributed by atoms with Crippen LogP contribution in [0.15, 0.2) is 46.0 Å². The Morgan fingerprint density at radius 1 is 1.20 bits per heavy atom. The van der Waals surface area contributed by atoms with Crippen molar-refractivity contribution in [3.05, 3.63) is 42.2 Å². The van der Waals surface area contributed by atoms with E-state index in [0.29, 0.717) is 16.7 Å². The van der Waals surface area contributed by atoms with Gasteiger partial charge in [-0.15, -0.1) is 0 Å². The summed E-state index contributed by atoms with van der Waals surface area (Å²) in [5, 5.41) is 0. The maximum absolute atomic E-state index is 11.8. The van der Waals surface area contributed by atoms with Gasteiger partial charge < -0.3 is 4.42 Å². The number of hydrogen-bond donors (Lipinski definition) is 0. The zero-order chi connectivity index (χ0) is 14.3. The topological polar surface area (TPSA) is 73.1 Å². The fraction of sp³-hybridized carbons (Fsp3) is 0.143. The van der Waals surface area contributed by atoms with Gasteiger partial charge >= 0.3 is 0 Å². The van der Waals surface area contributed by atoms with Gasteiger partial charge in [-0.25, -0.2) is 13.4 Å². The third kappa shape index (κ3) is 2.18. The minimum absolute atomic E-state index is 0.114. The van der Waals surface area contributed by atoms with Crippen LogP contribution >= 0.6 is 0 Å². The van der Waals surface area contributed by atoms with E-state index in [1.54, 1.807) is 6.07 Å². The minimum Gasteiger partial charge on any atom is -0.436 e. The molecular formula is C14H12N2O3S. The van der Waals surface area contributed by atoms with Crippen LogP contribution in [0.25, 0.3) is 22.6 Å². The number of hydrogen-bond acceptors (Lipinski definition) is 5. The van der Waals surface area contributed by atoms with Gasteiger partial charge in [-0.3, -0.25) is 4.98 Å². The van der Waals surface area contributed by atoms with E-state index in [0.717, 1.165) is 11.8 Å². The lowest BCUT2D eigenvalue weighted by atomic mass is 10.2. The lowest BCUT2D eigenvalue weighted by Gasteiger charge is -2.02. The number of pyridine rings is 1. The second-order valence-corrected chi connectivity index (χ2v) is 6.62. The molecule has 0 bridgehead atoms. The summed E-state index contributed by atoms with van der Waals surface area (Å²) in [5.74, 6) is 0.286. The molecule has 1 aromatic carbocycles. The maximum atomic E-state index is 11.8. The summed E-state index contributed by atoms with van der Waals surface area (Å²) in [6.45, 7) is 1.96. The first-order chi connectivity index (χ1) is 9.45. The van der Waals surface area contributed by atoms with Crippen molar-refractivity contribution < 1.29 is 12.8 Å². The summed E-state index contributed by atoms with van der Waals surface area (Å²) in [5.41, 5.74) is 2.82. The maximum Gasteiger partial charge on any atom is 0.228 e. The number of rotatable bonds is 2. The normalized spacial score (nSPS) is 11.9. The molecule has 2 aromatic heterocycles. The third-order valence-electron chi connectivity index (χ3n) is 2.96. The van der Waals surface area contributed by atoms with Crippen molar-refractivity contribution in [2.75, 3.05) is 6.26 Å². The van der Waals surface area contributed by atoms with Gasteiger partial charge in [-0.1, -0.05) is 6.07 Å². The zero-order valence-electron chi connectivity index (χ0n) is 11.0. The summed E-state index contributed by atoms with van der Waals surface area (Å²) in [7, 11) is -3.39. The van der Waals surface area contributed by atoms with Gasteiger partial charge in [0.25, 0.3) is 0 Å². The molecule has 0 saturated carbocycles. The quantitative estimate of drug-likeness (QED) is 0.724. The predicted molar refractivity (Wildman–Crippen MR) is 75.1 cm³/mol. The molecule has 0 unspecified atom stereocenters. The summed E-state index contributed by atoms with van der Waals surface area (Å²) in [6, 6.07) is 7.22. The average molecular weight is 288 g/mol. The number of oxazole rings is 1. The number of fused-ring (bicyclic) bond motifs is 1. The standard InChI is InChI=1S/C14H12N2O3S/c1-9-3-4-12-11(7-9)16-14(19-12)10-5-6-15-8-13(10)20(2,17)18/h3-8H,1-2H3. The van der Waals surface area contributed by atoms with Crippen molar-refractivity contribution in [1.82, 2.24) is 9.97 Å². The fourth-order valence-electron chi connectivity index (χ4n) is 2.00. The van der Waals surface area contributed by atoms with Crippen molar-refractivity contribution in [1.29, 1.82) is 0 Å². The Morgan fingerprint density at radius 2 is 2.00 bits per heavy atom. The molecule has 0 aliphatic heterocycles. The summed E-state index contributed by atoms with van der Waals surface area (Å²) in [6.07, 6.45) is 3.97. The minimum atomic E-state index is -3.39. The van der Waals surface area contributed by atoms with Crippen LogP contribution in [0.3, 0.4) is 0 Å². The zero-order valence-corrected chi connectivity index (χ0v) is 11.8. The molecule has 0 spiro atoms. The number of sulfone groups is 1. The molecule has 2 heterocycles. The Morgan fingerprint density at radius 3 is 2.75 bits per heavy atom.